The second-order valence-corrected chi connectivity index (χ2v) is 3.02. The van der Waals surface area contributed by atoms with Gasteiger partial charge in [0.25, 0.3) is 0 Å². The number of hydrogen-bond donors (Lipinski definition) is 2. The summed E-state index contributed by atoms with van der Waals surface area (Å²) in [4.78, 5) is 0. The Morgan fingerprint density at radius 1 is 1.42 bits per heavy atom. The second-order valence-electron chi connectivity index (χ2n) is 3.02. The normalized spacial score (nSPS) is 16.0. The third-order valence-electron chi connectivity index (χ3n) is 1.96. The molecular formula is C9H21NO2. The first-order chi connectivity index (χ1) is 5.76. The molecule has 0 rings (SSSR count). The van der Waals surface area contributed by atoms with Crippen molar-refractivity contribution in [1.82, 2.24) is 0 Å². The molecule has 0 amide bonds. The van der Waals surface area contributed by atoms with Crippen LogP contribution in [-0.2, 0) is 4.74 Å². The van der Waals surface area contributed by atoms with E-state index in [9.17, 15) is 0 Å². The fraction of sp³-hybridized carbons (Fsp3) is 1.00. The number of aliphatic hydroxyl groups is 1. The average molecular weight is 175 g/mol. The first-order valence-corrected chi connectivity index (χ1v) is 4.74. The summed E-state index contributed by atoms with van der Waals surface area (Å²) in [6.45, 7) is 4.84. The highest BCUT2D eigenvalue weighted by molar-refractivity contribution is 4.70. The lowest BCUT2D eigenvalue weighted by Crippen LogP contribution is -2.39. The maximum absolute atomic E-state index is 8.92. The minimum absolute atomic E-state index is 0.0265. The van der Waals surface area contributed by atoms with E-state index in [1.165, 1.54) is 0 Å². The van der Waals surface area contributed by atoms with Crippen molar-refractivity contribution < 1.29 is 9.84 Å². The molecule has 3 heteroatoms. The molecule has 0 aliphatic heterocycles. The van der Waals surface area contributed by atoms with Gasteiger partial charge in [0.05, 0.1) is 12.7 Å². The standard InChI is InChI=1S/C9H21NO2/c1-3-5-6-12-9(7-11)8(10)4-2/h8-9,11H,3-7,10H2,1-2H3. The van der Waals surface area contributed by atoms with Crippen molar-refractivity contribution in [1.29, 1.82) is 0 Å². The molecule has 0 spiro atoms. The van der Waals surface area contributed by atoms with Crippen LogP contribution in [0.5, 0.6) is 0 Å². The first kappa shape index (κ1) is 11.9. The van der Waals surface area contributed by atoms with Gasteiger partial charge in [0.2, 0.25) is 0 Å². The highest BCUT2D eigenvalue weighted by Gasteiger charge is 2.14. The molecule has 0 radical (unpaired) electrons. The smallest absolute Gasteiger partial charge is 0.0955 e. The van der Waals surface area contributed by atoms with E-state index < -0.39 is 0 Å². The maximum Gasteiger partial charge on any atom is 0.0955 e. The highest BCUT2D eigenvalue weighted by Crippen LogP contribution is 2.01. The van der Waals surface area contributed by atoms with Crippen molar-refractivity contribution in [3.63, 3.8) is 0 Å². The Hall–Kier alpha value is -0.120. The van der Waals surface area contributed by atoms with Crippen LogP contribution >= 0.6 is 0 Å². The fourth-order valence-electron chi connectivity index (χ4n) is 0.954. The number of rotatable bonds is 7. The van der Waals surface area contributed by atoms with Crippen LogP contribution < -0.4 is 5.73 Å². The van der Waals surface area contributed by atoms with E-state index in [2.05, 4.69) is 6.92 Å². The van der Waals surface area contributed by atoms with Crippen LogP contribution in [0.3, 0.4) is 0 Å². The predicted molar refractivity (Wildman–Crippen MR) is 50.0 cm³/mol. The molecule has 3 nitrogen and oxygen atoms in total. The lowest BCUT2D eigenvalue weighted by Gasteiger charge is -2.20. The maximum atomic E-state index is 8.92. The van der Waals surface area contributed by atoms with Crippen LogP contribution in [-0.4, -0.2) is 30.5 Å². The second kappa shape index (κ2) is 7.53. The molecule has 0 saturated carbocycles. The number of aliphatic hydroxyl groups excluding tert-OH is 1. The molecule has 74 valence electrons. The van der Waals surface area contributed by atoms with E-state index in [0.29, 0.717) is 6.61 Å². The molecule has 2 atom stereocenters. The Kier molecular flexibility index (Phi) is 7.45. The zero-order chi connectivity index (χ0) is 9.40. The minimum atomic E-state index is -0.179. The van der Waals surface area contributed by atoms with Gasteiger partial charge in [-0.15, -0.1) is 0 Å². The van der Waals surface area contributed by atoms with Gasteiger partial charge in [0.15, 0.2) is 0 Å². The topological polar surface area (TPSA) is 55.5 Å². The van der Waals surface area contributed by atoms with E-state index in [0.717, 1.165) is 19.3 Å². The van der Waals surface area contributed by atoms with Crippen molar-refractivity contribution in [2.24, 2.45) is 5.73 Å². The van der Waals surface area contributed by atoms with Crippen LogP contribution in [0.2, 0.25) is 0 Å². The predicted octanol–water partition coefficient (Wildman–Crippen LogP) is 0.901. The van der Waals surface area contributed by atoms with Crippen molar-refractivity contribution in [2.45, 2.75) is 45.3 Å². The van der Waals surface area contributed by atoms with Gasteiger partial charge in [0, 0.05) is 12.6 Å². The minimum Gasteiger partial charge on any atom is -0.394 e. The Morgan fingerprint density at radius 3 is 2.50 bits per heavy atom. The summed E-state index contributed by atoms with van der Waals surface area (Å²) in [6.07, 6.45) is 2.81. The van der Waals surface area contributed by atoms with E-state index in [1.807, 2.05) is 6.92 Å². The molecule has 12 heavy (non-hydrogen) atoms. The van der Waals surface area contributed by atoms with Gasteiger partial charge in [-0.05, 0) is 12.8 Å². The van der Waals surface area contributed by atoms with Crippen molar-refractivity contribution in [3.05, 3.63) is 0 Å². The largest absolute Gasteiger partial charge is 0.394 e. The molecule has 2 unspecified atom stereocenters. The Bertz CT molecular complexity index is 98.5. The van der Waals surface area contributed by atoms with Gasteiger partial charge in [-0.3, -0.25) is 0 Å². The van der Waals surface area contributed by atoms with E-state index in [-0.39, 0.29) is 18.8 Å². The Morgan fingerprint density at radius 2 is 2.08 bits per heavy atom. The van der Waals surface area contributed by atoms with E-state index in [4.69, 9.17) is 15.6 Å². The molecule has 0 aromatic rings. The SMILES string of the molecule is CCCCOC(CO)C(N)CC. The fourth-order valence-corrected chi connectivity index (χ4v) is 0.954. The van der Waals surface area contributed by atoms with E-state index in [1.54, 1.807) is 0 Å². The van der Waals surface area contributed by atoms with Crippen molar-refractivity contribution >= 4 is 0 Å². The average Bonchev–Trinajstić information content (AvgIpc) is 2.11. The molecule has 0 saturated heterocycles. The van der Waals surface area contributed by atoms with Crippen molar-refractivity contribution in [3.8, 4) is 0 Å². The van der Waals surface area contributed by atoms with Crippen molar-refractivity contribution in [2.75, 3.05) is 13.2 Å². The van der Waals surface area contributed by atoms with Gasteiger partial charge in [-0.1, -0.05) is 20.3 Å². The Balaban J connectivity index is 3.52. The monoisotopic (exact) mass is 175 g/mol. The Labute approximate surface area is 74.9 Å². The molecule has 0 aliphatic carbocycles. The van der Waals surface area contributed by atoms with Crippen LogP contribution in [0.15, 0.2) is 0 Å². The molecule has 0 aromatic heterocycles. The molecule has 0 aliphatic rings. The molecule has 0 heterocycles. The summed E-state index contributed by atoms with van der Waals surface area (Å²) in [6, 6.07) is -0.0353. The molecule has 3 N–H and O–H groups in total. The zero-order valence-corrected chi connectivity index (χ0v) is 8.12. The van der Waals surface area contributed by atoms with Crippen LogP contribution in [0, 0.1) is 0 Å². The lowest BCUT2D eigenvalue weighted by atomic mass is 10.1. The third-order valence-corrected chi connectivity index (χ3v) is 1.96. The first-order valence-electron chi connectivity index (χ1n) is 4.74. The summed E-state index contributed by atoms with van der Waals surface area (Å²) in [5.74, 6) is 0. The molecular weight excluding hydrogens is 154 g/mol. The van der Waals surface area contributed by atoms with Gasteiger partial charge in [-0.2, -0.15) is 0 Å². The third kappa shape index (κ3) is 4.70. The quantitative estimate of drug-likeness (QED) is 0.565. The molecule has 0 fully saturated rings. The summed E-state index contributed by atoms with van der Waals surface area (Å²) in [5, 5.41) is 8.92. The lowest BCUT2D eigenvalue weighted by molar-refractivity contribution is -0.00405. The van der Waals surface area contributed by atoms with Crippen LogP contribution in [0.1, 0.15) is 33.1 Å². The van der Waals surface area contributed by atoms with Gasteiger partial charge in [0.1, 0.15) is 0 Å². The highest BCUT2D eigenvalue weighted by atomic mass is 16.5. The van der Waals surface area contributed by atoms with Crippen LogP contribution in [0.25, 0.3) is 0 Å². The summed E-state index contributed by atoms with van der Waals surface area (Å²) in [7, 11) is 0. The molecule has 0 bridgehead atoms. The zero-order valence-electron chi connectivity index (χ0n) is 8.12. The summed E-state index contributed by atoms with van der Waals surface area (Å²) < 4.78 is 5.41. The molecule has 0 aromatic carbocycles. The number of hydrogen-bond acceptors (Lipinski definition) is 3. The van der Waals surface area contributed by atoms with E-state index >= 15 is 0 Å². The number of unbranched alkanes of at least 4 members (excludes halogenated alkanes) is 1. The number of ether oxygens (including phenoxy) is 1. The van der Waals surface area contributed by atoms with Gasteiger partial charge < -0.3 is 15.6 Å². The summed E-state index contributed by atoms with van der Waals surface area (Å²) in [5.41, 5.74) is 5.72. The number of nitrogens with two attached hydrogens (primary N) is 1. The van der Waals surface area contributed by atoms with Gasteiger partial charge in [-0.25, -0.2) is 0 Å². The van der Waals surface area contributed by atoms with Gasteiger partial charge >= 0.3 is 0 Å². The summed E-state index contributed by atoms with van der Waals surface area (Å²) >= 11 is 0. The van der Waals surface area contributed by atoms with Crippen LogP contribution in [0.4, 0.5) is 0 Å².